The average Bonchev–Trinajstić information content (AvgIpc) is 3.05. The maximum absolute atomic E-state index is 12.3. The molecule has 3 rings (SSSR count). The Labute approximate surface area is 127 Å². The third kappa shape index (κ3) is 3.13. The molecule has 2 heterocycles. The highest BCUT2D eigenvalue weighted by molar-refractivity contribution is 5.78. The van der Waals surface area contributed by atoms with Crippen LogP contribution in [0.25, 0.3) is 0 Å². The van der Waals surface area contributed by atoms with Crippen LogP contribution in [0.15, 0.2) is 30.3 Å². The average molecular weight is 286 g/mol. The monoisotopic (exact) mass is 286 g/mol. The number of likely N-dealkylation sites (tertiary alicyclic amines) is 2. The number of carbonyl (C=O) groups excluding carboxylic acids is 1. The van der Waals surface area contributed by atoms with Crippen LogP contribution in [0.2, 0.25) is 0 Å². The molecule has 0 aromatic heterocycles. The van der Waals surface area contributed by atoms with Gasteiger partial charge in [-0.15, -0.1) is 0 Å². The third-order valence-electron chi connectivity index (χ3n) is 5.16. The maximum Gasteiger partial charge on any atom is 0.225 e. The van der Waals surface area contributed by atoms with Gasteiger partial charge in [0.05, 0.1) is 0 Å². The third-order valence-corrected chi connectivity index (χ3v) is 5.16. The van der Waals surface area contributed by atoms with Crippen molar-refractivity contribution < 1.29 is 4.79 Å². The summed E-state index contributed by atoms with van der Waals surface area (Å²) >= 11 is 0. The summed E-state index contributed by atoms with van der Waals surface area (Å²) in [6.45, 7) is 9.43. The van der Waals surface area contributed by atoms with Gasteiger partial charge in [0.25, 0.3) is 0 Å². The minimum absolute atomic E-state index is 0.184. The molecule has 2 aliphatic heterocycles. The van der Waals surface area contributed by atoms with Gasteiger partial charge in [0.1, 0.15) is 0 Å². The van der Waals surface area contributed by atoms with Crippen LogP contribution in [-0.4, -0.2) is 41.9 Å². The van der Waals surface area contributed by atoms with Crippen molar-refractivity contribution in [3.63, 3.8) is 0 Å². The van der Waals surface area contributed by atoms with Crippen molar-refractivity contribution in [2.75, 3.05) is 26.2 Å². The van der Waals surface area contributed by atoms with E-state index in [-0.39, 0.29) is 5.92 Å². The lowest BCUT2D eigenvalue weighted by Crippen LogP contribution is -2.36. The van der Waals surface area contributed by atoms with E-state index in [1.165, 1.54) is 5.56 Å². The van der Waals surface area contributed by atoms with Crippen molar-refractivity contribution in [3.8, 4) is 0 Å². The van der Waals surface area contributed by atoms with E-state index in [9.17, 15) is 4.79 Å². The Morgan fingerprint density at radius 3 is 2.33 bits per heavy atom. The summed E-state index contributed by atoms with van der Waals surface area (Å²) in [4.78, 5) is 17.0. The largest absolute Gasteiger partial charge is 0.342 e. The first-order valence-corrected chi connectivity index (χ1v) is 8.22. The van der Waals surface area contributed by atoms with Crippen LogP contribution >= 0.6 is 0 Å². The number of fused-ring (bicyclic) bond motifs is 1. The van der Waals surface area contributed by atoms with Crippen molar-refractivity contribution in [1.29, 1.82) is 0 Å². The van der Waals surface area contributed by atoms with Crippen LogP contribution in [0.4, 0.5) is 0 Å². The topological polar surface area (TPSA) is 23.6 Å². The molecule has 2 aliphatic rings. The van der Waals surface area contributed by atoms with E-state index in [1.54, 1.807) is 0 Å². The number of benzene rings is 1. The van der Waals surface area contributed by atoms with Gasteiger partial charge in [0.15, 0.2) is 0 Å². The maximum atomic E-state index is 12.3. The normalized spacial score (nSPS) is 26.9. The zero-order valence-electron chi connectivity index (χ0n) is 13.2. The SMILES string of the molecule is CCC(C)C(=O)N1C[C@H]2CN(Cc3ccccc3)C[C@H]2C1. The lowest BCUT2D eigenvalue weighted by molar-refractivity contribution is -0.134. The molecule has 2 saturated heterocycles. The van der Waals surface area contributed by atoms with Gasteiger partial charge in [0, 0.05) is 38.6 Å². The molecule has 1 unspecified atom stereocenters. The molecule has 0 aliphatic carbocycles. The molecule has 114 valence electrons. The second kappa shape index (κ2) is 6.18. The molecule has 1 aromatic carbocycles. The molecule has 3 atom stereocenters. The summed E-state index contributed by atoms with van der Waals surface area (Å²) < 4.78 is 0. The Kier molecular flexibility index (Phi) is 4.29. The predicted octanol–water partition coefficient (Wildman–Crippen LogP) is 2.62. The fraction of sp³-hybridized carbons (Fsp3) is 0.611. The Bertz CT molecular complexity index is 473. The molecule has 0 N–H and O–H groups in total. The molecule has 2 fully saturated rings. The van der Waals surface area contributed by atoms with Crippen LogP contribution in [0.3, 0.4) is 0 Å². The van der Waals surface area contributed by atoms with Crippen LogP contribution in [0.1, 0.15) is 25.8 Å². The standard InChI is InChI=1S/C18H26N2O/c1-3-14(2)18(21)20-12-16-10-19(11-17(16)13-20)9-15-7-5-4-6-8-15/h4-8,14,16-17H,3,9-13H2,1-2H3/t14?,16-,17+. The van der Waals surface area contributed by atoms with Crippen LogP contribution in [0, 0.1) is 17.8 Å². The van der Waals surface area contributed by atoms with Gasteiger partial charge in [-0.2, -0.15) is 0 Å². The van der Waals surface area contributed by atoms with Gasteiger partial charge in [-0.3, -0.25) is 9.69 Å². The lowest BCUT2D eigenvalue weighted by Gasteiger charge is -2.23. The number of hydrogen-bond acceptors (Lipinski definition) is 2. The Balaban J connectivity index is 1.53. The van der Waals surface area contributed by atoms with E-state index in [1.807, 2.05) is 0 Å². The van der Waals surface area contributed by atoms with Crippen molar-refractivity contribution in [2.45, 2.75) is 26.8 Å². The number of amides is 1. The molecule has 21 heavy (non-hydrogen) atoms. The van der Waals surface area contributed by atoms with Gasteiger partial charge >= 0.3 is 0 Å². The molecule has 3 nitrogen and oxygen atoms in total. The Hall–Kier alpha value is -1.35. The summed E-state index contributed by atoms with van der Waals surface area (Å²) in [5.41, 5.74) is 1.39. The summed E-state index contributed by atoms with van der Waals surface area (Å²) in [5.74, 6) is 1.91. The van der Waals surface area contributed by atoms with Crippen molar-refractivity contribution in [3.05, 3.63) is 35.9 Å². The van der Waals surface area contributed by atoms with Gasteiger partial charge in [-0.05, 0) is 23.8 Å². The first-order valence-electron chi connectivity index (χ1n) is 8.22. The minimum atomic E-state index is 0.184. The van der Waals surface area contributed by atoms with Gasteiger partial charge in [-0.1, -0.05) is 44.2 Å². The van der Waals surface area contributed by atoms with Gasteiger partial charge in [0.2, 0.25) is 5.91 Å². The first-order chi connectivity index (χ1) is 10.2. The molecule has 0 spiro atoms. The van der Waals surface area contributed by atoms with Crippen molar-refractivity contribution in [2.24, 2.45) is 17.8 Å². The highest BCUT2D eigenvalue weighted by atomic mass is 16.2. The molecule has 3 heteroatoms. The molecule has 1 aromatic rings. The lowest BCUT2D eigenvalue weighted by atomic mass is 10.0. The van der Waals surface area contributed by atoms with E-state index >= 15 is 0 Å². The zero-order valence-corrected chi connectivity index (χ0v) is 13.2. The van der Waals surface area contributed by atoms with Crippen molar-refractivity contribution >= 4 is 5.91 Å². The fourth-order valence-corrected chi connectivity index (χ4v) is 3.73. The number of nitrogens with zero attached hydrogens (tertiary/aromatic N) is 2. The van der Waals surface area contributed by atoms with E-state index in [2.05, 4.69) is 54.0 Å². The quantitative estimate of drug-likeness (QED) is 0.849. The van der Waals surface area contributed by atoms with E-state index in [4.69, 9.17) is 0 Å². The summed E-state index contributed by atoms with van der Waals surface area (Å²) in [5, 5.41) is 0. The first kappa shape index (κ1) is 14.6. The van der Waals surface area contributed by atoms with Crippen LogP contribution in [-0.2, 0) is 11.3 Å². The molecule has 0 saturated carbocycles. The minimum Gasteiger partial charge on any atom is -0.342 e. The Morgan fingerprint density at radius 1 is 1.14 bits per heavy atom. The Morgan fingerprint density at radius 2 is 1.76 bits per heavy atom. The second-order valence-electron chi connectivity index (χ2n) is 6.75. The number of rotatable bonds is 4. The van der Waals surface area contributed by atoms with E-state index < -0.39 is 0 Å². The van der Waals surface area contributed by atoms with E-state index in [0.29, 0.717) is 17.7 Å². The summed E-state index contributed by atoms with van der Waals surface area (Å²) in [6.07, 6.45) is 0.949. The fourth-order valence-electron chi connectivity index (χ4n) is 3.73. The van der Waals surface area contributed by atoms with Crippen LogP contribution in [0.5, 0.6) is 0 Å². The molecule has 0 bridgehead atoms. The molecule has 0 radical (unpaired) electrons. The van der Waals surface area contributed by atoms with Gasteiger partial charge < -0.3 is 4.90 Å². The summed E-state index contributed by atoms with van der Waals surface area (Å²) in [7, 11) is 0. The zero-order chi connectivity index (χ0) is 14.8. The molecular weight excluding hydrogens is 260 g/mol. The summed E-state index contributed by atoms with van der Waals surface area (Å²) in [6, 6.07) is 10.7. The predicted molar refractivity (Wildman–Crippen MR) is 84.7 cm³/mol. The highest BCUT2D eigenvalue weighted by Gasteiger charge is 2.41. The second-order valence-corrected chi connectivity index (χ2v) is 6.75. The number of carbonyl (C=O) groups is 1. The van der Waals surface area contributed by atoms with Gasteiger partial charge in [-0.25, -0.2) is 0 Å². The molecular formula is C18H26N2O. The number of hydrogen-bond donors (Lipinski definition) is 0. The highest BCUT2D eigenvalue weighted by Crippen LogP contribution is 2.32. The van der Waals surface area contributed by atoms with Crippen LogP contribution < -0.4 is 0 Å². The van der Waals surface area contributed by atoms with E-state index in [0.717, 1.165) is 39.1 Å². The smallest absolute Gasteiger partial charge is 0.225 e. The van der Waals surface area contributed by atoms with Crippen molar-refractivity contribution in [1.82, 2.24) is 9.80 Å². The molecule has 1 amide bonds.